The number of carboxylic acid groups (broad SMARTS) is 1. The summed E-state index contributed by atoms with van der Waals surface area (Å²) in [4.78, 5) is 13.5. The topological polar surface area (TPSA) is 52.6 Å². The highest BCUT2D eigenvalue weighted by Crippen LogP contribution is 2.31. The lowest BCUT2D eigenvalue weighted by Crippen LogP contribution is -2.69. The first kappa shape index (κ1) is 13.8. The van der Waals surface area contributed by atoms with E-state index in [1.807, 2.05) is 0 Å². The number of aliphatic carboxylic acids is 1. The van der Waals surface area contributed by atoms with Gasteiger partial charge in [-0.3, -0.25) is 9.69 Å². The first-order valence-electron chi connectivity index (χ1n) is 7.21. The summed E-state index contributed by atoms with van der Waals surface area (Å²) in [5, 5.41) is 12.4. The molecule has 2 saturated heterocycles. The van der Waals surface area contributed by atoms with Crippen LogP contribution in [0, 0.1) is 11.8 Å². The molecule has 0 amide bonds. The van der Waals surface area contributed by atoms with Crippen LogP contribution in [-0.2, 0) is 4.79 Å². The van der Waals surface area contributed by atoms with Crippen LogP contribution >= 0.6 is 0 Å². The molecule has 2 fully saturated rings. The van der Waals surface area contributed by atoms with Crippen molar-refractivity contribution in [2.24, 2.45) is 11.8 Å². The highest BCUT2D eigenvalue weighted by atomic mass is 16.4. The van der Waals surface area contributed by atoms with Gasteiger partial charge < -0.3 is 10.4 Å². The number of hydrogen-bond donors (Lipinski definition) is 2. The fourth-order valence-corrected chi connectivity index (χ4v) is 3.42. The van der Waals surface area contributed by atoms with Gasteiger partial charge >= 0.3 is 5.97 Å². The Morgan fingerprint density at radius 3 is 2.61 bits per heavy atom. The van der Waals surface area contributed by atoms with Crippen LogP contribution < -0.4 is 5.32 Å². The zero-order valence-corrected chi connectivity index (χ0v) is 11.6. The van der Waals surface area contributed by atoms with Crippen molar-refractivity contribution in [2.75, 3.05) is 26.2 Å². The first-order chi connectivity index (χ1) is 8.53. The molecule has 0 bridgehead atoms. The Labute approximate surface area is 110 Å². The van der Waals surface area contributed by atoms with E-state index in [2.05, 4.69) is 24.1 Å². The Kier molecular flexibility index (Phi) is 4.28. The summed E-state index contributed by atoms with van der Waals surface area (Å²) in [6.45, 7) is 8.42. The standard InChI is InChI=1S/C14H26N2O2/c1-11(2)12-4-3-6-16(7-5-12)14(8-13(17)18)9-15-10-14/h11-12,15H,3-10H2,1-2H3,(H,17,18). The molecular weight excluding hydrogens is 228 g/mol. The molecule has 1 atom stereocenters. The van der Waals surface area contributed by atoms with Gasteiger partial charge in [0.15, 0.2) is 0 Å². The Bertz CT molecular complexity index is 300. The normalized spacial score (nSPS) is 28.7. The van der Waals surface area contributed by atoms with Gasteiger partial charge in [-0.2, -0.15) is 0 Å². The van der Waals surface area contributed by atoms with E-state index in [1.54, 1.807) is 0 Å². The lowest BCUT2D eigenvalue weighted by Gasteiger charge is -2.50. The summed E-state index contributed by atoms with van der Waals surface area (Å²) in [6.07, 6.45) is 4.01. The highest BCUT2D eigenvalue weighted by Gasteiger charge is 2.44. The van der Waals surface area contributed by atoms with Gasteiger partial charge in [0.2, 0.25) is 0 Å². The number of carboxylic acids is 1. The molecular formula is C14H26N2O2. The van der Waals surface area contributed by atoms with Crippen LogP contribution in [0.3, 0.4) is 0 Å². The zero-order chi connectivity index (χ0) is 13.2. The molecule has 2 heterocycles. The second-order valence-electron chi connectivity index (χ2n) is 6.32. The SMILES string of the molecule is CC(C)C1CCCN(C2(CC(=O)O)CNC2)CC1. The van der Waals surface area contributed by atoms with E-state index in [-0.39, 0.29) is 12.0 Å². The molecule has 0 aliphatic carbocycles. The fraction of sp³-hybridized carbons (Fsp3) is 0.929. The first-order valence-corrected chi connectivity index (χ1v) is 7.21. The van der Waals surface area contributed by atoms with Crippen molar-refractivity contribution in [2.45, 2.75) is 45.1 Å². The van der Waals surface area contributed by atoms with Crippen LogP contribution in [0.2, 0.25) is 0 Å². The summed E-state index contributed by atoms with van der Waals surface area (Å²) >= 11 is 0. The largest absolute Gasteiger partial charge is 0.481 e. The predicted molar refractivity (Wildman–Crippen MR) is 71.6 cm³/mol. The molecule has 1 unspecified atom stereocenters. The number of likely N-dealkylation sites (tertiary alicyclic amines) is 1. The Hall–Kier alpha value is -0.610. The van der Waals surface area contributed by atoms with Crippen molar-refractivity contribution < 1.29 is 9.90 Å². The second-order valence-corrected chi connectivity index (χ2v) is 6.32. The van der Waals surface area contributed by atoms with Crippen molar-refractivity contribution in [1.29, 1.82) is 0 Å². The average Bonchev–Trinajstić information content (AvgIpc) is 2.48. The molecule has 0 aromatic rings. The van der Waals surface area contributed by atoms with Crippen molar-refractivity contribution in [3.05, 3.63) is 0 Å². The van der Waals surface area contributed by atoms with Crippen LogP contribution in [0.5, 0.6) is 0 Å². The number of nitrogens with zero attached hydrogens (tertiary/aromatic N) is 1. The number of hydrogen-bond acceptors (Lipinski definition) is 3. The van der Waals surface area contributed by atoms with Crippen molar-refractivity contribution in [3.8, 4) is 0 Å². The third-order valence-corrected chi connectivity index (χ3v) is 4.77. The van der Waals surface area contributed by atoms with Crippen LogP contribution in [0.1, 0.15) is 39.5 Å². The van der Waals surface area contributed by atoms with Crippen molar-refractivity contribution in [1.82, 2.24) is 10.2 Å². The van der Waals surface area contributed by atoms with E-state index in [4.69, 9.17) is 5.11 Å². The third kappa shape index (κ3) is 2.86. The van der Waals surface area contributed by atoms with Gasteiger partial charge in [0.05, 0.1) is 12.0 Å². The van der Waals surface area contributed by atoms with Gasteiger partial charge in [-0.25, -0.2) is 0 Å². The van der Waals surface area contributed by atoms with Crippen LogP contribution in [0.4, 0.5) is 0 Å². The smallest absolute Gasteiger partial charge is 0.305 e. The second kappa shape index (κ2) is 5.57. The molecule has 0 saturated carbocycles. The van der Waals surface area contributed by atoms with E-state index in [9.17, 15) is 4.79 Å². The van der Waals surface area contributed by atoms with Gasteiger partial charge in [-0.05, 0) is 44.2 Å². The zero-order valence-electron chi connectivity index (χ0n) is 11.6. The molecule has 4 heteroatoms. The summed E-state index contributed by atoms with van der Waals surface area (Å²) in [5.41, 5.74) is -0.0995. The van der Waals surface area contributed by atoms with E-state index >= 15 is 0 Å². The quantitative estimate of drug-likeness (QED) is 0.799. The minimum Gasteiger partial charge on any atom is -0.481 e. The monoisotopic (exact) mass is 254 g/mol. The predicted octanol–water partition coefficient (Wildman–Crippen LogP) is 1.56. The number of nitrogens with one attached hydrogen (secondary N) is 1. The van der Waals surface area contributed by atoms with E-state index in [0.717, 1.165) is 38.0 Å². The average molecular weight is 254 g/mol. The van der Waals surface area contributed by atoms with Gasteiger partial charge in [0.1, 0.15) is 0 Å². The summed E-state index contributed by atoms with van der Waals surface area (Å²) in [6, 6.07) is 0. The Morgan fingerprint density at radius 1 is 1.39 bits per heavy atom. The van der Waals surface area contributed by atoms with Crippen LogP contribution in [-0.4, -0.2) is 47.7 Å². The van der Waals surface area contributed by atoms with Gasteiger partial charge in [-0.1, -0.05) is 13.8 Å². The fourth-order valence-electron chi connectivity index (χ4n) is 3.42. The maximum absolute atomic E-state index is 11.1. The Balaban J connectivity index is 1.97. The van der Waals surface area contributed by atoms with Gasteiger partial charge in [0.25, 0.3) is 0 Å². The van der Waals surface area contributed by atoms with Crippen molar-refractivity contribution in [3.63, 3.8) is 0 Å². The summed E-state index contributed by atoms with van der Waals surface area (Å²) < 4.78 is 0. The summed E-state index contributed by atoms with van der Waals surface area (Å²) in [5.74, 6) is 0.894. The molecule has 0 aromatic heterocycles. The lowest BCUT2D eigenvalue weighted by atomic mass is 9.86. The highest BCUT2D eigenvalue weighted by molar-refractivity contribution is 5.68. The van der Waals surface area contributed by atoms with E-state index in [1.165, 1.54) is 19.3 Å². The molecule has 2 aliphatic heterocycles. The third-order valence-electron chi connectivity index (χ3n) is 4.77. The molecule has 104 valence electrons. The van der Waals surface area contributed by atoms with Gasteiger partial charge in [-0.15, -0.1) is 0 Å². The van der Waals surface area contributed by atoms with Crippen LogP contribution in [0.25, 0.3) is 0 Å². The maximum Gasteiger partial charge on any atom is 0.305 e. The molecule has 2 rings (SSSR count). The summed E-state index contributed by atoms with van der Waals surface area (Å²) in [7, 11) is 0. The van der Waals surface area contributed by atoms with E-state index < -0.39 is 5.97 Å². The number of rotatable bonds is 4. The molecule has 2 aliphatic rings. The molecule has 0 aromatic carbocycles. The number of carbonyl (C=O) groups is 1. The van der Waals surface area contributed by atoms with Crippen molar-refractivity contribution >= 4 is 5.97 Å². The molecule has 18 heavy (non-hydrogen) atoms. The van der Waals surface area contributed by atoms with Crippen LogP contribution in [0.15, 0.2) is 0 Å². The Morgan fingerprint density at radius 2 is 2.11 bits per heavy atom. The lowest BCUT2D eigenvalue weighted by molar-refractivity contribution is -0.141. The molecule has 4 nitrogen and oxygen atoms in total. The van der Waals surface area contributed by atoms with Gasteiger partial charge in [0, 0.05) is 13.1 Å². The maximum atomic E-state index is 11.1. The minimum atomic E-state index is -0.666. The minimum absolute atomic E-state index is 0.0995. The molecule has 0 spiro atoms. The molecule has 0 radical (unpaired) electrons. The van der Waals surface area contributed by atoms with E-state index in [0.29, 0.717) is 0 Å². The molecule has 2 N–H and O–H groups in total.